The Bertz CT molecular complexity index is 422. The first kappa shape index (κ1) is 13.0. The van der Waals surface area contributed by atoms with Crippen molar-refractivity contribution in [2.75, 3.05) is 18.4 Å². The predicted octanol–water partition coefficient (Wildman–Crippen LogP) is 3.14. The molecule has 2 atom stereocenters. The molecule has 1 aromatic rings. The molecule has 2 N–H and O–H groups in total. The maximum atomic E-state index is 10.9. The van der Waals surface area contributed by atoms with Gasteiger partial charge in [-0.05, 0) is 36.6 Å². The average molecular weight is 269 g/mol. The van der Waals surface area contributed by atoms with Crippen LogP contribution in [-0.2, 0) is 0 Å². The fraction of sp³-hybridized carbons (Fsp3) is 0.462. The van der Waals surface area contributed by atoms with Gasteiger partial charge in [-0.15, -0.1) is 0 Å². The summed E-state index contributed by atoms with van der Waals surface area (Å²) in [5.41, 5.74) is 1.03. The van der Waals surface area contributed by atoms with Crippen LogP contribution in [0.2, 0.25) is 5.02 Å². The number of hydrogen-bond donors (Lipinski definition) is 2. The van der Waals surface area contributed by atoms with Crippen LogP contribution < -0.4 is 5.32 Å². The van der Waals surface area contributed by atoms with E-state index in [0.29, 0.717) is 30.1 Å². The zero-order chi connectivity index (χ0) is 13.1. The topological polar surface area (TPSA) is 52.6 Å². The highest BCUT2D eigenvalue weighted by molar-refractivity contribution is 6.30. The van der Waals surface area contributed by atoms with E-state index in [1.807, 2.05) is 24.3 Å². The normalized spacial score (nSPS) is 23.8. The minimum Gasteiger partial charge on any atom is -0.465 e. The van der Waals surface area contributed by atoms with Gasteiger partial charge in [0.05, 0.1) is 0 Å². The summed E-state index contributed by atoms with van der Waals surface area (Å²) in [6.45, 7) is 3.24. The first-order chi connectivity index (χ1) is 8.56. The summed E-state index contributed by atoms with van der Waals surface area (Å²) in [5, 5.41) is 13.1. The Kier molecular flexibility index (Phi) is 3.97. The highest BCUT2D eigenvalue weighted by Gasteiger charge is 2.28. The predicted molar refractivity (Wildman–Crippen MR) is 72.2 cm³/mol. The van der Waals surface area contributed by atoms with Crippen molar-refractivity contribution in [1.82, 2.24) is 4.90 Å². The Morgan fingerprint density at radius 2 is 2.11 bits per heavy atom. The zero-order valence-electron chi connectivity index (χ0n) is 10.3. The van der Waals surface area contributed by atoms with Crippen LogP contribution in [0.3, 0.4) is 0 Å². The van der Waals surface area contributed by atoms with Gasteiger partial charge in [-0.25, -0.2) is 4.79 Å². The van der Waals surface area contributed by atoms with Crippen molar-refractivity contribution in [3.8, 4) is 0 Å². The molecule has 0 radical (unpaired) electrons. The lowest BCUT2D eigenvalue weighted by Crippen LogP contribution is -2.47. The number of anilines is 1. The Balaban J connectivity index is 1.95. The van der Waals surface area contributed by atoms with Crippen molar-refractivity contribution in [3.05, 3.63) is 29.3 Å². The van der Waals surface area contributed by atoms with Crippen LogP contribution in [0.15, 0.2) is 24.3 Å². The van der Waals surface area contributed by atoms with E-state index >= 15 is 0 Å². The summed E-state index contributed by atoms with van der Waals surface area (Å²) in [7, 11) is 0. The molecule has 5 heteroatoms. The average Bonchev–Trinajstić information content (AvgIpc) is 2.34. The molecule has 2 rings (SSSR count). The van der Waals surface area contributed by atoms with Gasteiger partial charge < -0.3 is 15.3 Å². The van der Waals surface area contributed by atoms with E-state index in [2.05, 4.69) is 12.2 Å². The number of amides is 1. The monoisotopic (exact) mass is 268 g/mol. The smallest absolute Gasteiger partial charge is 0.407 e. The molecule has 1 amide bonds. The van der Waals surface area contributed by atoms with E-state index in [9.17, 15) is 4.79 Å². The molecule has 0 unspecified atom stereocenters. The largest absolute Gasteiger partial charge is 0.465 e. The Morgan fingerprint density at radius 3 is 2.67 bits per heavy atom. The molecular weight excluding hydrogens is 252 g/mol. The van der Waals surface area contributed by atoms with Gasteiger partial charge in [-0.1, -0.05) is 18.5 Å². The van der Waals surface area contributed by atoms with Gasteiger partial charge in [0.15, 0.2) is 0 Å². The van der Waals surface area contributed by atoms with Crippen LogP contribution >= 0.6 is 11.6 Å². The molecule has 18 heavy (non-hydrogen) atoms. The van der Waals surface area contributed by atoms with Gasteiger partial charge >= 0.3 is 6.09 Å². The quantitative estimate of drug-likeness (QED) is 0.866. The fourth-order valence-electron chi connectivity index (χ4n) is 2.29. The number of piperidine rings is 1. The second kappa shape index (κ2) is 5.48. The van der Waals surface area contributed by atoms with Gasteiger partial charge in [0.2, 0.25) is 0 Å². The lowest BCUT2D eigenvalue weighted by Gasteiger charge is -2.36. The second-order valence-electron chi connectivity index (χ2n) is 4.75. The third-order valence-corrected chi connectivity index (χ3v) is 3.62. The van der Waals surface area contributed by atoms with Crippen LogP contribution in [0.25, 0.3) is 0 Å². The van der Waals surface area contributed by atoms with Gasteiger partial charge in [0, 0.05) is 29.8 Å². The van der Waals surface area contributed by atoms with Gasteiger partial charge in [0.25, 0.3) is 0 Å². The first-order valence-electron chi connectivity index (χ1n) is 6.06. The summed E-state index contributed by atoms with van der Waals surface area (Å²) in [6, 6.07) is 7.89. The summed E-state index contributed by atoms with van der Waals surface area (Å²) in [5.74, 6) is 0.297. The second-order valence-corrected chi connectivity index (χ2v) is 5.19. The molecule has 1 aromatic carbocycles. The molecule has 1 heterocycles. The molecule has 0 aromatic heterocycles. The third kappa shape index (κ3) is 3.07. The molecule has 0 aliphatic carbocycles. The van der Waals surface area contributed by atoms with Crippen LogP contribution in [-0.4, -0.2) is 35.2 Å². The number of likely N-dealkylation sites (tertiary alicyclic amines) is 1. The summed E-state index contributed by atoms with van der Waals surface area (Å²) < 4.78 is 0. The lowest BCUT2D eigenvalue weighted by atomic mass is 9.94. The van der Waals surface area contributed by atoms with E-state index in [0.717, 1.165) is 12.1 Å². The van der Waals surface area contributed by atoms with E-state index in [4.69, 9.17) is 16.7 Å². The number of benzene rings is 1. The number of nitrogens with zero attached hydrogens (tertiary/aromatic N) is 1. The maximum Gasteiger partial charge on any atom is 0.407 e. The summed E-state index contributed by atoms with van der Waals surface area (Å²) in [6.07, 6.45) is 0.00241. The van der Waals surface area contributed by atoms with Crippen LogP contribution in [0.4, 0.5) is 10.5 Å². The highest BCUT2D eigenvalue weighted by Crippen LogP contribution is 2.22. The van der Waals surface area contributed by atoms with E-state index in [1.54, 1.807) is 0 Å². The summed E-state index contributed by atoms with van der Waals surface area (Å²) in [4.78, 5) is 12.4. The van der Waals surface area contributed by atoms with Crippen molar-refractivity contribution >= 4 is 23.4 Å². The molecule has 98 valence electrons. The number of nitrogens with one attached hydrogen (secondary N) is 1. The maximum absolute atomic E-state index is 10.9. The van der Waals surface area contributed by atoms with E-state index in [1.165, 1.54) is 4.90 Å². The molecule has 0 spiro atoms. The SMILES string of the molecule is C[C@H]1CN(C(=O)O)CC[C@H]1Nc1ccc(Cl)cc1. The van der Waals surface area contributed by atoms with Gasteiger partial charge in [-0.3, -0.25) is 0 Å². The zero-order valence-corrected chi connectivity index (χ0v) is 11.0. The number of carbonyl (C=O) groups is 1. The Labute approximate surface area is 112 Å². The standard InChI is InChI=1S/C13H17ClN2O2/c1-9-8-16(13(17)18)7-6-12(9)15-11-4-2-10(14)3-5-11/h2-5,9,12,15H,6-8H2,1H3,(H,17,18)/t9-,12+/m0/s1. The van der Waals surface area contributed by atoms with E-state index < -0.39 is 6.09 Å². The lowest BCUT2D eigenvalue weighted by molar-refractivity contribution is 0.119. The summed E-state index contributed by atoms with van der Waals surface area (Å²) >= 11 is 5.84. The highest BCUT2D eigenvalue weighted by atomic mass is 35.5. The van der Waals surface area contributed by atoms with Gasteiger partial charge in [-0.2, -0.15) is 0 Å². The molecule has 1 aliphatic heterocycles. The van der Waals surface area contributed by atoms with E-state index in [-0.39, 0.29) is 0 Å². The molecule has 4 nitrogen and oxygen atoms in total. The van der Waals surface area contributed by atoms with Crippen molar-refractivity contribution in [1.29, 1.82) is 0 Å². The van der Waals surface area contributed by atoms with Crippen LogP contribution in [0, 0.1) is 5.92 Å². The molecule has 1 aliphatic rings. The molecule has 1 saturated heterocycles. The molecule has 1 fully saturated rings. The van der Waals surface area contributed by atoms with Crippen molar-refractivity contribution in [2.45, 2.75) is 19.4 Å². The Hall–Kier alpha value is -1.42. The van der Waals surface area contributed by atoms with Gasteiger partial charge in [0.1, 0.15) is 0 Å². The van der Waals surface area contributed by atoms with Crippen molar-refractivity contribution in [3.63, 3.8) is 0 Å². The molecular formula is C13H17ClN2O2. The van der Waals surface area contributed by atoms with Crippen molar-refractivity contribution < 1.29 is 9.90 Å². The van der Waals surface area contributed by atoms with Crippen molar-refractivity contribution in [2.24, 2.45) is 5.92 Å². The molecule has 0 bridgehead atoms. The minimum atomic E-state index is -0.827. The Morgan fingerprint density at radius 1 is 1.44 bits per heavy atom. The number of hydrogen-bond acceptors (Lipinski definition) is 2. The first-order valence-corrected chi connectivity index (χ1v) is 6.44. The number of carboxylic acid groups (broad SMARTS) is 1. The minimum absolute atomic E-state index is 0.297. The fourth-order valence-corrected chi connectivity index (χ4v) is 2.42. The third-order valence-electron chi connectivity index (χ3n) is 3.37. The number of halogens is 1. The number of rotatable bonds is 2. The molecule has 0 saturated carbocycles. The van der Waals surface area contributed by atoms with Crippen LogP contribution in [0.1, 0.15) is 13.3 Å². The van der Waals surface area contributed by atoms with Crippen LogP contribution in [0.5, 0.6) is 0 Å².